The molecule has 6 rings (SSSR count). The largest absolute Gasteiger partial charge is 0.379 e. The lowest BCUT2D eigenvalue weighted by Gasteiger charge is -2.50. The summed E-state index contributed by atoms with van der Waals surface area (Å²) in [5.74, 6) is -9.34. The summed E-state index contributed by atoms with van der Waals surface area (Å²) in [5, 5.41) is 18.3. The van der Waals surface area contributed by atoms with E-state index in [0.717, 1.165) is 55.0 Å². The zero-order chi connectivity index (χ0) is 76.8. The SMILES string of the molecule is CC[C@@H]1NC(=O)[C@@H]2[C@@H]([C@H](C)CCCCCn3nnc4ccccc43)ON2C(=O)[C@H](C(C)C)N(C)C(=O)[C@@H]2CC(C)N(C(=O)[C@H](C)NC(=O)[C@H](CC(C)C)N(C)C(=O)[C@H](C(C)C)NC(=O)[C@H]([C@@H](C)OCCCCN3CCOCC3)N(C)C(=O)[C@@H](C)N(C)C1=O)[C@H](C)C(=O)N(C)[C@@H](CC(C)C)C(=O)N2C. The number of ether oxygens (including phenoxy) is 2. The van der Waals surface area contributed by atoms with Crippen LogP contribution in [0.15, 0.2) is 24.3 Å². The van der Waals surface area contributed by atoms with E-state index < -0.39 is 162 Å². The number of morpholine rings is 1. The summed E-state index contributed by atoms with van der Waals surface area (Å²) in [6.45, 7) is 30.4. The molecule has 0 aliphatic carbocycles. The number of carbonyl (C=O) groups excluding carboxylic acids is 11. The lowest BCUT2D eigenvalue weighted by atomic mass is 9.88. The number of para-hydroxylation sites is 1. The first-order valence-corrected chi connectivity index (χ1v) is 37.5. The van der Waals surface area contributed by atoms with E-state index in [2.05, 4.69) is 31.2 Å². The maximum absolute atomic E-state index is 15.8. The van der Waals surface area contributed by atoms with E-state index in [-0.39, 0.29) is 50.0 Å². The van der Waals surface area contributed by atoms with Gasteiger partial charge in [0.05, 0.1) is 24.8 Å². The van der Waals surface area contributed by atoms with Crippen molar-refractivity contribution in [1.29, 1.82) is 0 Å². The number of hydrogen-bond donors (Lipinski definition) is 3. The summed E-state index contributed by atoms with van der Waals surface area (Å²) in [5.41, 5.74) is 1.71. The summed E-state index contributed by atoms with van der Waals surface area (Å²) in [6, 6.07) is -7.45. The Morgan fingerprint density at radius 3 is 1.79 bits per heavy atom. The fraction of sp³-hybridized carbons (Fsp3) is 0.770. The number of rotatable bonds is 21. The second-order valence-electron chi connectivity index (χ2n) is 30.8. The van der Waals surface area contributed by atoms with Crippen molar-refractivity contribution in [3.63, 3.8) is 0 Å². The van der Waals surface area contributed by atoms with Gasteiger partial charge in [-0.15, -0.1) is 5.10 Å². The van der Waals surface area contributed by atoms with Crippen molar-refractivity contribution in [3.05, 3.63) is 24.3 Å². The first kappa shape index (κ1) is 84.6. The number of likely N-dealkylation sites (N-methyl/N-ethyl adjacent to an activating group) is 6. The molecule has 4 aliphatic heterocycles. The molecule has 4 saturated heterocycles. The fourth-order valence-corrected chi connectivity index (χ4v) is 14.8. The van der Waals surface area contributed by atoms with Gasteiger partial charge in [-0.3, -0.25) is 62.5 Å². The van der Waals surface area contributed by atoms with E-state index >= 15 is 38.4 Å². The van der Waals surface area contributed by atoms with Gasteiger partial charge in [-0.25, -0.2) is 9.75 Å². The molecule has 15 atom stereocenters. The second kappa shape index (κ2) is 38.1. The fourth-order valence-electron chi connectivity index (χ4n) is 14.8. The summed E-state index contributed by atoms with van der Waals surface area (Å²) < 4.78 is 13.8. The van der Waals surface area contributed by atoms with Crippen molar-refractivity contribution >= 4 is 76.0 Å². The molecule has 0 spiro atoms. The Kier molecular flexibility index (Phi) is 31.3. The number of aromatic nitrogens is 3. The molecule has 5 heterocycles. The summed E-state index contributed by atoms with van der Waals surface area (Å²) in [6.07, 6.45) is 2.43. The van der Waals surface area contributed by atoms with Gasteiger partial charge in [-0.2, -0.15) is 0 Å². The molecule has 3 N–H and O–H groups in total. The van der Waals surface area contributed by atoms with Crippen LogP contribution in [0.25, 0.3) is 11.0 Å². The molecule has 29 nitrogen and oxygen atoms in total. The predicted molar refractivity (Wildman–Crippen MR) is 388 cm³/mol. The highest BCUT2D eigenvalue weighted by atomic mass is 16.7. The third-order valence-corrected chi connectivity index (χ3v) is 21.3. The molecule has 578 valence electrons. The van der Waals surface area contributed by atoms with Crippen LogP contribution in [0.3, 0.4) is 0 Å². The highest BCUT2D eigenvalue weighted by Gasteiger charge is 2.55. The van der Waals surface area contributed by atoms with Crippen LogP contribution in [-0.4, -0.2) is 291 Å². The maximum Gasteiger partial charge on any atom is 0.270 e. The minimum atomic E-state index is -1.39. The summed E-state index contributed by atoms with van der Waals surface area (Å²) >= 11 is 0. The molecule has 4 aliphatic rings. The molecule has 1 aromatic carbocycles. The second-order valence-corrected chi connectivity index (χ2v) is 30.8. The Morgan fingerprint density at radius 1 is 0.563 bits per heavy atom. The molecule has 1 unspecified atom stereocenters. The van der Waals surface area contributed by atoms with Crippen molar-refractivity contribution in [3.8, 4) is 0 Å². The highest BCUT2D eigenvalue weighted by molar-refractivity contribution is 6.00. The van der Waals surface area contributed by atoms with Crippen LogP contribution >= 0.6 is 0 Å². The number of hydrogen-bond acceptors (Lipinski definition) is 17. The molecule has 11 amide bonds. The normalized spacial score (nSPS) is 28.3. The molecule has 103 heavy (non-hydrogen) atoms. The number of unbranched alkanes of at least 4 members (excludes halogenated alkanes) is 3. The minimum absolute atomic E-state index is 0.0370. The van der Waals surface area contributed by atoms with Crippen LogP contribution in [0.5, 0.6) is 0 Å². The third kappa shape index (κ3) is 20.6. The Balaban J connectivity index is 1.44. The zero-order valence-electron chi connectivity index (χ0n) is 65.4. The Labute approximate surface area is 610 Å². The number of fused-ring (bicyclic) bond motifs is 5. The molecule has 2 bridgehead atoms. The Bertz CT molecular complexity index is 3250. The van der Waals surface area contributed by atoms with E-state index in [1.807, 2.05) is 63.6 Å². The standard InChI is InChI=1S/C74H123N15O14/c1-22-53-70(96)80(16)50(13)68(94)85(21)61(52(15)102-37-29-28-33-86-35-38-101-39-36-86)65(91)77-59(45(6)7)73(99)81(17)56(40-43(2)3)64(90)75-49(12)67(93)88-48(11)42-58(83(19)71(97)57(41-44(4)5)82(18)69(95)51(88)14)72(98)84(20)60(46(8)9)74(100)89-62(66(92)76-53)63(103-89)47(10)30-24-23-27-34-87-55-32-26-25-31-54(55)78-79-87/h25-26,31-32,43-53,56-63H,22-24,27-30,33-42H2,1-21H3,(H,75,90)(H,76,92)(H,77,91)/t47-,48?,49+,50-,51-,52-,53+,56+,57+,58+,59+,60+,61+,62+,63-/m1/s1. The molecule has 29 heteroatoms. The van der Waals surface area contributed by atoms with Gasteiger partial charge in [0.25, 0.3) is 5.91 Å². The quantitative estimate of drug-likeness (QED) is 0.149. The molecular weight excluding hydrogens is 1320 g/mol. The molecular formula is C74H123N15O14. The van der Waals surface area contributed by atoms with Gasteiger partial charge in [0.15, 0.2) is 6.04 Å². The van der Waals surface area contributed by atoms with Crippen molar-refractivity contribution in [2.24, 2.45) is 29.6 Å². The first-order valence-electron chi connectivity index (χ1n) is 37.5. The van der Waals surface area contributed by atoms with Crippen molar-refractivity contribution < 1.29 is 67.1 Å². The van der Waals surface area contributed by atoms with Crippen molar-refractivity contribution in [1.82, 2.24) is 75.2 Å². The van der Waals surface area contributed by atoms with Gasteiger partial charge in [0.1, 0.15) is 72.0 Å². The molecule has 2 aromatic rings. The van der Waals surface area contributed by atoms with Gasteiger partial charge >= 0.3 is 0 Å². The highest BCUT2D eigenvalue weighted by Crippen LogP contribution is 2.35. The number of nitrogens with one attached hydrogen (secondary N) is 3. The predicted octanol–water partition coefficient (Wildman–Crippen LogP) is 3.95. The van der Waals surface area contributed by atoms with E-state index in [9.17, 15) is 14.4 Å². The van der Waals surface area contributed by atoms with Gasteiger partial charge in [0, 0.05) is 74.6 Å². The van der Waals surface area contributed by atoms with Crippen LogP contribution in [-0.2, 0) is 73.6 Å². The lowest BCUT2D eigenvalue weighted by molar-refractivity contribution is -0.322. The average molecular weight is 1450 g/mol. The van der Waals surface area contributed by atoms with E-state index in [0.29, 0.717) is 39.0 Å². The Hall–Kier alpha value is -7.37. The van der Waals surface area contributed by atoms with Gasteiger partial charge in [-0.05, 0) is 134 Å². The van der Waals surface area contributed by atoms with E-state index in [4.69, 9.17) is 14.3 Å². The topological polar surface area (TPSA) is 311 Å². The number of nitrogens with zero attached hydrogens (tertiary/aromatic N) is 12. The summed E-state index contributed by atoms with van der Waals surface area (Å²) in [7, 11) is 8.67. The van der Waals surface area contributed by atoms with Crippen LogP contribution in [0.1, 0.15) is 168 Å². The monoisotopic (exact) mass is 1450 g/mol. The number of hydroxylamine groups is 2. The van der Waals surface area contributed by atoms with Crippen LogP contribution in [0, 0.1) is 29.6 Å². The van der Waals surface area contributed by atoms with Crippen molar-refractivity contribution in [2.75, 3.05) is 81.7 Å². The number of carbonyl (C=O) groups is 11. The molecule has 4 fully saturated rings. The first-order chi connectivity index (χ1) is 48.5. The number of benzene rings is 1. The van der Waals surface area contributed by atoms with Crippen LogP contribution in [0.4, 0.5) is 0 Å². The minimum Gasteiger partial charge on any atom is -0.379 e. The third-order valence-electron chi connectivity index (χ3n) is 21.3. The lowest BCUT2D eigenvalue weighted by Crippen LogP contribution is -2.72. The zero-order valence-corrected chi connectivity index (χ0v) is 65.4. The molecule has 0 radical (unpaired) electrons. The van der Waals surface area contributed by atoms with Gasteiger partial charge < -0.3 is 59.7 Å². The molecule has 1 aromatic heterocycles. The Morgan fingerprint density at radius 2 is 1.17 bits per heavy atom. The van der Waals surface area contributed by atoms with E-state index in [1.54, 1.807) is 48.5 Å². The van der Waals surface area contributed by atoms with Crippen LogP contribution in [0.2, 0.25) is 0 Å². The van der Waals surface area contributed by atoms with Gasteiger partial charge in [0.2, 0.25) is 59.1 Å². The number of aryl methyl sites for hydroxylation is 1. The van der Waals surface area contributed by atoms with Gasteiger partial charge in [-0.1, -0.05) is 99.4 Å². The summed E-state index contributed by atoms with van der Waals surface area (Å²) in [4.78, 5) is 185. The maximum atomic E-state index is 15.8. The number of amides is 11. The molecule has 0 saturated carbocycles. The van der Waals surface area contributed by atoms with Crippen molar-refractivity contribution in [2.45, 2.75) is 259 Å². The van der Waals surface area contributed by atoms with E-state index in [1.165, 1.54) is 97.4 Å². The smallest absolute Gasteiger partial charge is 0.270 e. The van der Waals surface area contributed by atoms with Crippen LogP contribution < -0.4 is 16.0 Å². The average Bonchev–Trinajstić information content (AvgIpc) is 1.22.